The molecular formula is C20H26N2O5S. The molecule has 7 nitrogen and oxygen atoms in total. The molecule has 8 heteroatoms. The second-order valence-electron chi connectivity index (χ2n) is 7.70. The minimum atomic E-state index is -3.69. The third-order valence-electron chi connectivity index (χ3n) is 5.70. The summed E-state index contributed by atoms with van der Waals surface area (Å²) in [5, 5.41) is 0.598. The molecule has 4 rings (SSSR count). The molecule has 0 radical (unpaired) electrons. The van der Waals surface area contributed by atoms with Crippen LogP contribution in [0, 0.1) is 0 Å². The molecule has 0 spiro atoms. The summed E-state index contributed by atoms with van der Waals surface area (Å²) < 4.78 is 39.7. The van der Waals surface area contributed by atoms with E-state index in [2.05, 4.69) is 11.9 Å². The van der Waals surface area contributed by atoms with Crippen LogP contribution in [0.2, 0.25) is 0 Å². The third kappa shape index (κ3) is 4.00. The fourth-order valence-electron chi connectivity index (χ4n) is 4.06. The number of nitrogens with zero attached hydrogens (tertiary/aromatic N) is 2. The van der Waals surface area contributed by atoms with E-state index in [0.717, 1.165) is 38.8 Å². The van der Waals surface area contributed by atoms with Gasteiger partial charge < -0.3 is 14.1 Å². The molecule has 2 saturated heterocycles. The number of ether oxygens (including phenoxy) is 1. The van der Waals surface area contributed by atoms with E-state index in [1.165, 1.54) is 12.1 Å². The van der Waals surface area contributed by atoms with Crippen molar-refractivity contribution >= 4 is 21.0 Å². The molecule has 0 saturated carbocycles. The Balaban J connectivity index is 1.68. The summed E-state index contributed by atoms with van der Waals surface area (Å²) >= 11 is 0. The number of piperidine rings is 1. The monoisotopic (exact) mass is 406 g/mol. The van der Waals surface area contributed by atoms with Gasteiger partial charge in [0.2, 0.25) is 10.0 Å². The highest BCUT2D eigenvalue weighted by Gasteiger charge is 2.36. The quantitative estimate of drug-likeness (QED) is 0.707. The smallest absolute Gasteiger partial charge is 0.336 e. The fraction of sp³-hybridized carbons (Fsp3) is 0.550. The Morgan fingerprint density at radius 1 is 1.14 bits per heavy atom. The number of rotatable bonds is 5. The van der Waals surface area contributed by atoms with Crippen molar-refractivity contribution in [2.75, 3.05) is 33.3 Å². The summed E-state index contributed by atoms with van der Waals surface area (Å²) in [6.07, 6.45) is 3.44. The molecule has 0 N–H and O–H groups in total. The van der Waals surface area contributed by atoms with Gasteiger partial charge in [-0.3, -0.25) is 0 Å². The Labute approximate surface area is 164 Å². The SMILES string of the molecule is CN1CCC(N(C[C@@H]2CCCO2)S(=O)(=O)c2ccc3oc(=O)ccc3c2)CC1. The summed E-state index contributed by atoms with van der Waals surface area (Å²) in [7, 11) is -1.63. The maximum Gasteiger partial charge on any atom is 0.336 e. The van der Waals surface area contributed by atoms with Crippen LogP contribution in [0.1, 0.15) is 25.7 Å². The Morgan fingerprint density at radius 3 is 2.64 bits per heavy atom. The highest BCUT2D eigenvalue weighted by atomic mass is 32.2. The molecule has 2 fully saturated rings. The topological polar surface area (TPSA) is 80.1 Å². The third-order valence-corrected chi connectivity index (χ3v) is 7.61. The zero-order valence-electron chi connectivity index (χ0n) is 16.0. The molecule has 0 amide bonds. The Hall–Kier alpha value is -1.74. The van der Waals surface area contributed by atoms with Gasteiger partial charge in [-0.05, 0) is 70.1 Å². The maximum absolute atomic E-state index is 13.6. The highest BCUT2D eigenvalue weighted by Crippen LogP contribution is 2.28. The second-order valence-corrected chi connectivity index (χ2v) is 9.59. The largest absolute Gasteiger partial charge is 0.423 e. The molecule has 2 aliphatic heterocycles. The van der Waals surface area contributed by atoms with Crippen LogP contribution in [0.4, 0.5) is 0 Å². The normalized spacial score (nSPS) is 22.3. The number of benzene rings is 1. The molecule has 1 aromatic heterocycles. The molecule has 0 bridgehead atoms. The number of fused-ring (bicyclic) bond motifs is 1. The number of hydrogen-bond donors (Lipinski definition) is 0. The first-order chi connectivity index (χ1) is 13.4. The number of hydrogen-bond acceptors (Lipinski definition) is 6. The van der Waals surface area contributed by atoms with E-state index in [-0.39, 0.29) is 17.0 Å². The Morgan fingerprint density at radius 2 is 1.93 bits per heavy atom. The van der Waals surface area contributed by atoms with Crippen LogP contribution in [0.5, 0.6) is 0 Å². The van der Waals surface area contributed by atoms with Gasteiger partial charge in [-0.25, -0.2) is 13.2 Å². The number of sulfonamides is 1. The fourth-order valence-corrected chi connectivity index (χ4v) is 5.81. The molecule has 2 aromatic rings. The first-order valence-electron chi connectivity index (χ1n) is 9.79. The lowest BCUT2D eigenvalue weighted by atomic mass is 10.1. The van der Waals surface area contributed by atoms with Crippen LogP contribution >= 0.6 is 0 Å². The van der Waals surface area contributed by atoms with E-state index in [0.29, 0.717) is 24.1 Å². The van der Waals surface area contributed by atoms with Gasteiger partial charge in [-0.2, -0.15) is 4.31 Å². The predicted octanol–water partition coefficient (Wildman–Crippen LogP) is 2.06. The van der Waals surface area contributed by atoms with Gasteiger partial charge in [0.05, 0.1) is 11.0 Å². The maximum atomic E-state index is 13.6. The lowest BCUT2D eigenvalue weighted by Crippen LogP contribution is -2.49. The summed E-state index contributed by atoms with van der Waals surface area (Å²) in [5.41, 5.74) is -0.0640. The average molecular weight is 407 g/mol. The Kier molecular flexibility index (Phi) is 5.55. The van der Waals surface area contributed by atoms with Crippen LogP contribution in [0.25, 0.3) is 11.0 Å². The van der Waals surface area contributed by atoms with E-state index in [4.69, 9.17) is 9.15 Å². The van der Waals surface area contributed by atoms with Crippen LogP contribution < -0.4 is 5.63 Å². The molecule has 28 heavy (non-hydrogen) atoms. The molecule has 3 heterocycles. The molecule has 0 aliphatic carbocycles. The Bertz CT molecular complexity index is 989. The predicted molar refractivity (Wildman–Crippen MR) is 106 cm³/mol. The molecular weight excluding hydrogens is 380 g/mol. The minimum absolute atomic E-state index is 0.0326. The summed E-state index contributed by atoms with van der Waals surface area (Å²) in [4.78, 5) is 13.8. The molecule has 1 atom stereocenters. The second kappa shape index (κ2) is 7.94. The van der Waals surface area contributed by atoms with Crippen molar-refractivity contribution in [2.24, 2.45) is 0 Å². The van der Waals surface area contributed by atoms with E-state index >= 15 is 0 Å². The van der Waals surface area contributed by atoms with Crippen LogP contribution in [-0.4, -0.2) is 63.1 Å². The van der Waals surface area contributed by atoms with Crippen LogP contribution in [0.15, 0.2) is 44.4 Å². The number of likely N-dealkylation sites (tertiary alicyclic amines) is 1. The van der Waals surface area contributed by atoms with Crippen molar-refractivity contribution < 1.29 is 17.6 Å². The zero-order valence-corrected chi connectivity index (χ0v) is 16.9. The van der Waals surface area contributed by atoms with Crippen molar-refractivity contribution in [3.8, 4) is 0 Å². The van der Waals surface area contributed by atoms with Gasteiger partial charge >= 0.3 is 5.63 Å². The molecule has 2 aliphatic rings. The van der Waals surface area contributed by atoms with Crippen molar-refractivity contribution in [3.63, 3.8) is 0 Å². The first-order valence-corrected chi connectivity index (χ1v) is 11.2. The van der Waals surface area contributed by atoms with Crippen molar-refractivity contribution in [1.29, 1.82) is 0 Å². The van der Waals surface area contributed by atoms with E-state index in [9.17, 15) is 13.2 Å². The van der Waals surface area contributed by atoms with E-state index < -0.39 is 15.6 Å². The molecule has 152 valence electrons. The van der Waals surface area contributed by atoms with Crippen molar-refractivity contribution in [3.05, 3.63) is 40.8 Å². The lowest BCUT2D eigenvalue weighted by molar-refractivity contribution is 0.0760. The molecule has 1 aromatic carbocycles. The standard InChI is InChI=1S/C20H26N2O5S/c1-21-10-8-16(9-11-21)22(14-17-3-2-12-26-17)28(24,25)18-5-6-19-15(13-18)4-7-20(23)27-19/h4-7,13,16-17H,2-3,8-12,14H2,1H3/t17-/m0/s1. The zero-order chi connectivity index (χ0) is 19.7. The molecule has 0 unspecified atom stereocenters. The van der Waals surface area contributed by atoms with Gasteiger partial charge in [-0.1, -0.05) is 0 Å². The van der Waals surface area contributed by atoms with Gasteiger partial charge in [0.25, 0.3) is 0 Å². The summed E-state index contributed by atoms with van der Waals surface area (Å²) in [6, 6.07) is 7.54. The van der Waals surface area contributed by atoms with Crippen LogP contribution in [0.3, 0.4) is 0 Å². The summed E-state index contributed by atoms with van der Waals surface area (Å²) in [5.74, 6) is 0. The van der Waals surface area contributed by atoms with E-state index in [1.807, 2.05) is 0 Å². The van der Waals surface area contributed by atoms with Crippen molar-refractivity contribution in [1.82, 2.24) is 9.21 Å². The first kappa shape index (κ1) is 19.6. The highest BCUT2D eigenvalue weighted by molar-refractivity contribution is 7.89. The average Bonchev–Trinajstić information content (AvgIpc) is 3.20. The van der Waals surface area contributed by atoms with Gasteiger partial charge in [0.1, 0.15) is 5.58 Å². The lowest BCUT2D eigenvalue weighted by Gasteiger charge is -2.37. The summed E-state index contributed by atoms with van der Waals surface area (Å²) in [6.45, 7) is 2.84. The minimum Gasteiger partial charge on any atom is -0.423 e. The van der Waals surface area contributed by atoms with Gasteiger partial charge in [-0.15, -0.1) is 0 Å². The van der Waals surface area contributed by atoms with Crippen molar-refractivity contribution in [2.45, 2.75) is 42.7 Å². The van der Waals surface area contributed by atoms with Crippen LogP contribution in [-0.2, 0) is 14.8 Å². The van der Waals surface area contributed by atoms with E-state index in [1.54, 1.807) is 22.5 Å². The van der Waals surface area contributed by atoms with Gasteiger partial charge in [0, 0.05) is 30.6 Å². The van der Waals surface area contributed by atoms with Gasteiger partial charge in [0.15, 0.2) is 0 Å².